The predicted octanol–water partition coefficient (Wildman–Crippen LogP) is 3.63. The first-order chi connectivity index (χ1) is 8.13. The molecule has 2 unspecified atom stereocenters. The first-order valence-corrected chi connectivity index (χ1v) is 6.50. The number of aldehydes is 1. The van der Waals surface area contributed by atoms with Crippen LogP contribution in [0.25, 0.3) is 0 Å². The fourth-order valence-electron chi connectivity index (χ4n) is 2.43. The monoisotopic (exact) mass is 251 g/mol. The number of carbonyl (C=O) groups excluding carboxylic acids is 1. The molecule has 1 saturated heterocycles. The summed E-state index contributed by atoms with van der Waals surface area (Å²) >= 11 is 6.23. The van der Waals surface area contributed by atoms with Gasteiger partial charge in [0.05, 0.1) is 10.7 Å². The van der Waals surface area contributed by atoms with Gasteiger partial charge in [0.15, 0.2) is 6.29 Å². The van der Waals surface area contributed by atoms with Gasteiger partial charge in [-0.05, 0) is 30.4 Å². The number of para-hydroxylation sites is 1. The molecule has 2 nitrogen and oxygen atoms in total. The summed E-state index contributed by atoms with van der Waals surface area (Å²) in [6, 6.07) is 5.51. The molecule has 2 rings (SSSR count). The minimum Gasteiger partial charge on any atom is -0.369 e. The van der Waals surface area contributed by atoms with Crippen molar-refractivity contribution in [2.75, 3.05) is 18.0 Å². The second-order valence-corrected chi connectivity index (χ2v) is 5.39. The predicted molar refractivity (Wildman–Crippen MR) is 72.0 cm³/mol. The molecule has 0 saturated carbocycles. The van der Waals surface area contributed by atoms with Gasteiger partial charge in [-0.3, -0.25) is 4.79 Å². The lowest BCUT2D eigenvalue weighted by molar-refractivity contribution is 0.112. The second kappa shape index (κ2) is 5.09. The largest absolute Gasteiger partial charge is 0.369 e. The molecular weight excluding hydrogens is 234 g/mol. The Morgan fingerprint density at radius 1 is 1.35 bits per heavy atom. The van der Waals surface area contributed by atoms with Crippen molar-refractivity contribution in [1.82, 2.24) is 0 Å². The van der Waals surface area contributed by atoms with Gasteiger partial charge in [-0.1, -0.05) is 31.5 Å². The van der Waals surface area contributed by atoms with Crippen molar-refractivity contribution in [2.24, 2.45) is 11.8 Å². The molecule has 92 valence electrons. The Morgan fingerprint density at radius 2 is 2.12 bits per heavy atom. The van der Waals surface area contributed by atoms with Crippen LogP contribution in [0.5, 0.6) is 0 Å². The van der Waals surface area contributed by atoms with Gasteiger partial charge < -0.3 is 4.90 Å². The molecule has 0 spiro atoms. The van der Waals surface area contributed by atoms with Gasteiger partial charge >= 0.3 is 0 Å². The van der Waals surface area contributed by atoms with E-state index in [1.54, 1.807) is 0 Å². The zero-order valence-corrected chi connectivity index (χ0v) is 11.1. The maximum Gasteiger partial charge on any atom is 0.152 e. The number of carbonyl (C=O) groups is 1. The summed E-state index contributed by atoms with van der Waals surface area (Å²) in [7, 11) is 0. The van der Waals surface area contributed by atoms with Crippen molar-refractivity contribution in [3.05, 3.63) is 28.8 Å². The summed E-state index contributed by atoms with van der Waals surface area (Å²) in [6.07, 6.45) is 2.05. The highest BCUT2D eigenvalue weighted by atomic mass is 35.5. The molecule has 0 amide bonds. The molecule has 1 aliphatic heterocycles. The lowest BCUT2D eigenvalue weighted by Crippen LogP contribution is -2.39. The number of halogens is 1. The zero-order valence-electron chi connectivity index (χ0n) is 10.3. The van der Waals surface area contributed by atoms with Crippen LogP contribution in [0.4, 0.5) is 5.69 Å². The number of rotatable bonds is 2. The average Bonchev–Trinajstić information content (AvgIpc) is 2.32. The Balaban J connectivity index is 2.31. The van der Waals surface area contributed by atoms with Crippen LogP contribution in [0.15, 0.2) is 18.2 Å². The Bertz CT molecular complexity index is 419. The summed E-state index contributed by atoms with van der Waals surface area (Å²) in [5, 5.41) is 0.677. The van der Waals surface area contributed by atoms with Crippen LogP contribution in [-0.2, 0) is 0 Å². The van der Waals surface area contributed by atoms with Crippen LogP contribution in [-0.4, -0.2) is 19.4 Å². The van der Waals surface area contributed by atoms with E-state index in [1.165, 1.54) is 0 Å². The fourth-order valence-corrected chi connectivity index (χ4v) is 2.73. The first kappa shape index (κ1) is 12.4. The van der Waals surface area contributed by atoms with Crippen LogP contribution in [0.2, 0.25) is 5.02 Å². The molecular formula is C14H18ClNO. The van der Waals surface area contributed by atoms with Crippen molar-refractivity contribution in [3.8, 4) is 0 Å². The Morgan fingerprint density at radius 3 is 2.76 bits per heavy atom. The van der Waals surface area contributed by atoms with Crippen molar-refractivity contribution >= 4 is 23.6 Å². The van der Waals surface area contributed by atoms with E-state index in [0.29, 0.717) is 16.5 Å². The van der Waals surface area contributed by atoms with Gasteiger partial charge in [0.1, 0.15) is 0 Å². The minimum atomic E-state index is 0.638. The minimum absolute atomic E-state index is 0.638. The maximum atomic E-state index is 11.1. The molecule has 1 aromatic carbocycles. The SMILES string of the molecule is CC1CCN(c2c(Cl)cccc2C=O)CC1C. The lowest BCUT2D eigenvalue weighted by Gasteiger charge is -2.37. The summed E-state index contributed by atoms with van der Waals surface area (Å²) in [6.45, 7) is 6.51. The second-order valence-electron chi connectivity index (χ2n) is 4.98. The molecule has 0 aliphatic carbocycles. The molecule has 1 fully saturated rings. The Labute approximate surface area is 108 Å². The number of hydrogen-bond donors (Lipinski definition) is 0. The third-order valence-electron chi connectivity index (χ3n) is 3.80. The quantitative estimate of drug-likeness (QED) is 0.748. The highest BCUT2D eigenvalue weighted by Gasteiger charge is 2.25. The summed E-state index contributed by atoms with van der Waals surface area (Å²) in [5.41, 5.74) is 1.60. The lowest BCUT2D eigenvalue weighted by atomic mass is 9.88. The highest BCUT2D eigenvalue weighted by molar-refractivity contribution is 6.33. The van der Waals surface area contributed by atoms with Crippen LogP contribution >= 0.6 is 11.6 Å². The van der Waals surface area contributed by atoms with Crippen molar-refractivity contribution in [3.63, 3.8) is 0 Å². The molecule has 0 radical (unpaired) electrons. The standard InChI is InChI=1S/C14H18ClNO/c1-10-6-7-16(8-11(10)2)14-12(9-17)4-3-5-13(14)15/h3-5,9-11H,6-8H2,1-2H3. The fraction of sp³-hybridized carbons (Fsp3) is 0.500. The maximum absolute atomic E-state index is 11.1. The van der Waals surface area contributed by atoms with E-state index in [9.17, 15) is 4.79 Å². The molecule has 0 bridgehead atoms. The van der Waals surface area contributed by atoms with Gasteiger partial charge in [0, 0.05) is 18.7 Å². The van der Waals surface area contributed by atoms with E-state index in [4.69, 9.17) is 11.6 Å². The molecule has 1 heterocycles. The van der Waals surface area contributed by atoms with Crippen LogP contribution in [0.3, 0.4) is 0 Å². The van der Waals surface area contributed by atoms with Gasteiger partial charge in [-0.15, -0.1) is 0 Å². The van der Waals surface area contributed by atoms with Crippen LogP contribution in [0, 0.1) is 11.8 Å². The van der Waals surface area contributed by atoms with Crippen molar-refractivity contribution in [2.45, 2.75) is 20.3 Å². The Hall–Kier alpha value is -1.02. The van der Waals surface area contributed by atoms with Crippen LogP contribution < -0.4 is 4.90 Å². The Kier molecular flexibility index (Phi) is 3.72. The van der Waals surface area contributed by atoms with E-state index in [-0.39, 0.29) is 0 Å². The molecule has 1 aliphatic rings. The van der Waals surface area contributed by atoms with Crippen molar-refractivity contribution < 1.29 is 4.79 Å². The third kappa shape index (κ3) is 2.47. The number of benzene rings is 1. The van der Waals surface area contributed by atoms with E-state index < -0.39 is 0 Å². The normalized spacial score (nSPS) is 24.8. The molecule has 0 aromatic heterocycles. The van der Waals surface area contributed by atoms with Gasteiger partial charge in [-0.25, -0.2) is 0 Å². The van der Waals surface area contributed by atoms with Gasteiger partial charge in [0.25, 0.3) is 0 Å². The smallest absolute Gasteiger partial charge is 0.152 e. The number of nitrogens with zero attached hydrogens (tertiary/aromatic N) is 1. The number of piperidine rings is 1. The molecule has 1 aromatic rings. The third-order valence-corrected chi connectivity index (χ3v) is 4.10. The summed E-state index contributed by atoms with van der Waals surface area (Å²) in [4.78, 5) is 13.3. The van der Waals surface area contributed by atoms with E-state index in [1.807, 2.05) is 18.2 Å². The van der Waals surface area contributed by atoms with Crippen molar-refractivity contribution in [1.29, 1.82) is 0 Å². The molecule has 0 N–H and O–H groups in total. The van der Waals surface area contributed by atoms with Gasteiger partial charge in [0.2, 0.25) is 0 Å². The van der Waals surface area contributed by atoms with E-state index >= 15 is 0 Å². The summed E-state index contributed by atoms with van der Waals surface area (Å²) < 4.78 is 0. The highest BCUT2D eigenvalue weighted by Crippen LogP contribution is 2.33. The summed E-state index contributed by atoms with van der Waals surface area (Å²) in [5.74, 6) is 1.38. The molecule has 3 heteroatoms. The zero-order chi connectivity index (χ0) is 12.4. The van der Waals surface area contributed by atoms with E-state index in [0.717, 1.165) is 37.4 Å². The van der Waals surface area contributed by atoms with Gasteiger partial charge in [-0.2, -0.15) is 0 Å². The first-order valence-electron chi connectivity index (χ1n) is 6.12. The molecule has 2 atom stereocenters. The average molecular weight is 252 g/mol. The topological polar surface area (TPSA) is 20.3 Å². The van der Waals surface area contributed by atoms with Crippen LogP contribution in [0.1, 0.15) is 30.6 Å². The number of hydrogen-bond acceptors (Lipinski definition) is 2. The van der Waals surface area contributed by atoms with E-state index in [2.05, 4.69) is 18.7 Å². The molecule has 17 heavy (non-hydrogen) atoms. The number of anilines is 1.